The van der Waals surface area contributed by atoms with E-state index in [4.69, 9.17) is 9.26 Å². The molecule has 1 fully saturated rings. The Balaban J connectivity index is 1.28. The van der Waals surface area contributed by atoms with Crippen LogP contribution >= 0.6 is 0 Å². The maximum absolute atomic E-state index is 6.59. The van der Waals surface area contributed by atoms with Crippen molar-refractivity contribution in [3.63, 3.8) is 0 Å². The standard InChI is InChI=1S/C24H27N3O2/c1-17(2)22-25-23(29-26-22)27-14-12-24(13-15-27)11-10-20-16-19(8-9-21(20)28-24)18-6-4-3-5-7-18/h3-9,16-17H,10-15H2,1-2H3. The van der Waals surface area contributed by atoms with Crippen molar-refractivity contribution in [2.45, 2.75) is 51.0 Å². The van der Waals surface area contributed by atoms with E-state index in [0.717, 1.165) is 50.3 Å². The Kier molecular flexibility index (Phi) is 4.53. The number of benzene rings is 2. The van der Waals surface area contributed by atoms with Crippen LogP contribution in [0.25, 0.3) is 11.1 Å². The largest absolute Gasteiger partial charge is 0.487 e. The number of aryl methyl sites for hydroxylation is 1. The first-order chi connectivity index (χ1) is 14.1. The molecule has 2 aliphatic heterocycles. The summed E-state index contributed by atoms with van der Waals surface area (Å²) in [4.78, 5) is 6.74. The number of anilines is 1. The van der Waals surface area contributed by atoms with Crippen LogP contribution in [0.15, 0.2) is 53.1 Å². The number of hydrogen-bond acceptors (Lipinski definition) is 5. The number of nitrogens with zero attached hydrogens (tertiary/aromatic N) is 3. The van der Waals surface area contributed by atoms with Gasteiger partial charge < -0.3 is 14.2 Å². The molecule has 0 saturated carbocycles. The maximum Gasteiger partial charge on any atom is 0.324 e. The van der Waals surface area contributed by atoms with Gasteiger partial charge in [0.15, 0.2) is 5.82 Å². The lowest BCUT2D eigenvalue weighted by Gasteiger charge is -2.44. The number of hydrogen-bond donors (Lipinski definition) is 0. The second-order valence-corrected chi connectivity index (χ2v) is 8.55. The molecule has 5 rings (SSSR count). The number of fused-ring (bicyclic) bond motifs is 1. The Morgan fingerprint density at radius 2 is 1.76 bits per heavy atom. The zero-order valence-electron chi connectivity index (χ0n) is 17.1. The second kappa shape index (κ2) is 7.21. The van der Waals surface area contributed by atoms with E-state index >= 15 is 0 Å². The molecule has 0 unspecified atom stereocenters. The fraction of sp³-hybridized carbons (Fsp3) is 0.417. The maximum atomic E-state index is 6.59. The first-order valence-corrected chi connectivity index (χ1v) is 10.6. The highest BCUT2D eigenvalue weighted by Gasteiger charge is 2.40. The van der Waals surface area contributed by atoms with Gasteiger partial charge in [0.1, 0.15) is 11.4 Å². The van der Waals surface area contributed by atoms with E-state index in [1.165, 1.54) is 16.7 Å². The van der Waals surface area contributed by atoms with Crippen LogP contribution < -0.4 is 9.64 Å². The minimum Gasteiger partial charge on any atom is -0.487 e. The summed E-state index contributed by atoms with van der Waals surface area (Å²) in [6.45, 7) is 5.93. The molecule has 29 heavy (non-hydrogen) atoms. The highest BCUT2D eigenvalue weighted by molar-refractivity contribution is 5.65. The van der Waals surface area contributed by atoms with Gasteiger partial charge in [0.25, 0.3) is 0 Å². The molecule has 1 spiro atoms. The van der Waals surface area contributed by atoms with Crippen LogP contribution in [0, 0.1) is 0 Å². The van der Waals surface area contributed by atoms with E-state index in [0.29, 0.717) is 6.01 Å². The molecule has 0 bridgehead atoms. The van der Waals surface area contributed by atoms with Crippen molar-refractivity contribution in [2.24, 2.45) is 0 Å². The molecule has 150 valence electrons. The lowest BCUT2D eigenvalue weighted by molar-refractivity contribution is 0.0217. The summed E-state index contributed by atoms with van der Waals surface area (Å²) < 4.78 is 12.1. The van der Waals surface area contributed by atoms with E-state index in [-0.39, 0.29) is 11.5 Å². The highest BCUT2D eigenvalue weighted by atomic mass is 16.5. The van der Waals surface area contributed by atoms with Crippen molar-refractivity contribution in [2.75, 3.05) is 18.0 Å². The van der Waals surface area contributed by atoms with Crippen molar-refractivity contribution in [3.8, 4) is 16.9 Å². The van der Waals surface area contributed by atoms with Gasteiger partial charge in [-0.15, -0.1) is 0 Å². The molecule has 1 aromatic heterocycles. The molecule has 1 saturated heterocycles. The molecule has 0 amide bonds. The van der Waals surface area contributed by atoms with Gasteiger partial charge in [0.05, 0.1) is 0 Å². The molecule has 3 aromatic rings. The summed E-state index contributed by atoms with van der Waals surface area (Å²) in [5.74, 6) is 2.10. The lowest BCUT2D eigenvalue weighted by atomic mass is 9.82. The van der Waals surface area contributed by atoms with Gasteiger partial charge in [-0.3, -0.25) is 0 Å². The van der Waals surface area contributed by atoms with E-state index in [1.54, 1.807) is 0 Å². The molecule has 0 atom stereocenters. The predicted molar refractivity (Wildman–Crippen MR) is 113 cm³/mol. The topological polar surface area (TPSA) is 51.4 Å². The Bertz CT molecular complexity index is 988. The van der Waals surface area contributed by atoms with Gasteiger partial charge in [-0.05, 0) is 41.7 Å². The highest BCUT2D eigenvalue weighted by Crippen LogP contribution is 2.41. The molecule has 3 heterocycles. The molecule has 2 aliphatic rings. The van der Waals surface area contributed by atoms with Crippen molar-refractivity contribution in [1.82, 2.24) is 10.1 Å². The molecular formula is C24H27N3O2. The lowest BCUT2D eigenvalue weighted by Crippen LogP contribution is -2.50. The zero-order valence-corrected chi connectivity index (χ0v) is 17.1. The van der Waals surface area contributed by atoms with E-state index in [9.17, 15) is 0 Å². The van der Waals surface area contributed by atoms with E-state index in [1.807, 2.05) is 0 Å². The normalized spacial score (nSPS) is 18.0. The van der Waals surface area contributed by atoms with Gasteiger partial charge >= 0.3 is 6.01 Å². The summed E-state index contributed by atoms with van der Waals surface area (Å²) in [5.41, 5.74) is 3.76. The average molecular weight is 389 g/mol. The molecule has 2 aromatic carbocycles. The third kappa shape index (κ3) is 3.50. The van der Waals surface area contributed by atoms with Gasteiger partial charge in [0.2, 0.25) is 0 Å². The fourth-order valence-electron chi connectivity index (χ4n) is 4.38. The summed E-state index contributed by atoms with van der Waals surface area (Å²) >= 11 is 0. The van der Waals surface area contributed by atoms with E-state index in [2.05, 4.69) is 77.4 Å². The van der Waals surface area contributed by atoms with Crippen molar-refractivity contribution >= 4 is 6.01 Å². The first-order valence-electron chi connectivity index (χ1n) is 10.6. The first kappa shape index (κ1) is 18.2. The molecule has 5 heteroatoms. The third-order valence-corrected chi connectivity index (χ3v) is 6.24. The van der Waals surface area contributed by atoms with Gasteiger partial charge in [-0.1, -0.05) is 55.4 Å². The van der Waals surface area contributed by atoms with Crippen molar-refractivity contribution in [3.05, 3.63) is 59.9 Å². The molecule has 5 nitrogen and oxygen atoms in total. The fourth-order valence-corrected chi connectivity index (χ4v) is 4.38. The minimum absolute atomic E-state index is 0.0708. The van der Waals surface area contributed by atoms with Crippen LogP contribution in [-0.2, 0) is 6.42 Å². The SMILES string of the molecule is CC(C)c1noc(N2CCC3(CCc4cc(-c5ccccc5)ccc4O3)CC2)n1. The Labute approximate surface area is 171 Å². The quantitative estimate of drug-likeness (QED) is 0.614. The summed E-state index contributed by atoms with van der Waals surface area (Å²) in [6.07, 6.45) is 4.08. The van der Waals surface area contributed by atoms with Crippen molar-refractivity contribution < 1.29 is 9.26 Å². The summed E-state index contributed by atoms with van der Waals surface area (Å²) in [5, 5.41) is 4.10. The number of piperidine rings is 1. The van der Waals surface area contributed by atoms with Crippen LogP contribution in [-0.4, -0.2) is 28.8 Å². The number of ether oxygens (including phenoxy) is 1. The molecular weight excluding hydrogens is 362 g/mol. The third-order valence-electron chi connectivity index (χ3n) is 6.24. The average Bonchev–Trinajstić information content (AvgIpc) is 3.25. The van der Waals surface area contributed by atoms with Gasteiger partial charge in [-0.25, -0.2) is 0 Å². The van der Waals surface area contributed by atoms with Crippen LogP contribution in [0.4, 0.5) is 6.01 Å². The molecule has 0 aliphatic carbocycles. The van der Waals surface area contributed by atoms with Gasteiger partial charge in [0, 0.05) is 31.8 Å². The van der Waals surface area contributed by atoms with Crippen LogP contribution in [0.5, 0.6) is 5.75 Å². The summed E-state index contributed by atoms with van der Waals surface area (Å²) in [7, 11) is 0. The Hall–Kier alpha value is -2.82. The van der Waals surface area contributed by atoms with Crippen LogP contribution in [0.2, 0.25) is 0 Å². The number of aromatic nitrogens is 2. The number of rotatable bonds is 3. The molecule has 0 N–H and O–H groups in total. The molecule has 0 radical (unpaired) electrons. The second-order valence-electron chi connectivity index (χ2n) is 8.55. The predicted octanol–water partition coefficient (Wildman–Crippen LogP) is 5.22. The van der Waals surface area contributed by atoms with Gasteiger partial charge in [-0.2, -0.15) is 4.98 Å². The Morgan fingerprint density at radius 1 is 0.966 bits per heavy atom. The monoisotopic (exact) mass is 389 g/mol. The summed E-state index contributed by atoms with van der Waals surface area (Å²) in [6, 6.07) is 17.8. The zero-order chi connectivity index (χ0) is 19.8. The van der Waals surface area contributed by atoms with Crippen molar-refractivity contribution in [1.29, 1.82) is 0 Å². The van der Waals surface area contributed by atoms with Crippen LogP contribution in [0.1, 0.15) is 50.4 Å². The van der Waals surface area contributed by atoms with Crippen LogP contribution in [0.3, 0.4) is 0 Å². The van der Waals surface area contributed by atoms with E-state index < -0.39 is 0 Å². The minimum atomic E-state index is -0.0708. The smallest absolute Gasteiger partial charge is 0.324 e. The Morgan fingerprint density at radius 3 is 2.48 bits per heavy atom.